The molecule has 1 N–H and O–H groups in total. The third-order valence-corrected chi connectivity index (χ3v) is 4.58. The van der Waals surface area contributed by atoms with Gasteiger partial charge in [0.2, 0.25) is 0 Å². The zero-order valence-electron chi connectivity index (χ0n) is 14.8. The number of fused-ring (bicyclic) bond motifs is 1. The highest BCUT2D eigenvalue weighted by atomic mass is 19.1. The molecule has 1 unspecified atom stereocenters. The monoisotopic (exact) mass is 359 g/mol. The van der Waals surface area contributed by atoms with E-state index in [-0.39, 0.29) is 5.82 Å². The van der Waals surface area contributed by atoms with Crippen molar-refractivity contribution in [1.29, 1.82) is 0 Å². The highest BCUT2D eigenvalue weighted by molar-refractivity contribution is 5.85. The average molecular weight is 359 g/mol. The van der Waals surface area contributed by atoms with Gasteiger partial charge in [-0.2, -0.15) is 0 Å². The molecule has 3 nitrogen and oxygen atoms in total. The molecular weight excluding hydrogens is 341 g/mol. The number of aromatic nitrogens is 1. The molecule has 0 bridgehead atoms. The van der Waals surface area contributed by atoms with Gasteiger partial charge >= 0.3 is 0 Å². The Bertz CT molecular complexity index is 1080. The molecule has 0 amide bonds. The van der Waals surface area contributed by atoms with E-state index in [0.29, 0.717) is 16.6 Å². The molecule has 1 aromatic heterocycles. The van der Waals surface area contributed by atoms with E-state index >= 15 is 0 Å². The van der Waals surface area contributed by atoms with Gasteiger partial charge in [0, 0.05) is 10.9 Å². The van der Waals surface area contributed by atoms with E-state index in [4.69, 9.17) is 4.74 Å². The van der Waals surface area contributed by atoms with Crippen molar-refractivity contribution in [2.24, 2.45) is 0 Å². The van der Waals surface area contributed by atoms with Crippen LogP contribution in [0.4, 0.5) is 4.39 Å². The van der Waals surface area contributed by atoms with E-state index in [1.165, 1.54) is 12.1 Å². The van der Waals surface area contributed by atoms with E-state index in [2.05, 4.69) is 4.98 Å². The third kappa shape index (κ3) is 3.39. The number of nitrogens with zero attached hydrogens (tertiary/aromatic N) is 1. The number of rotatable bonds is 4. The zero-order valence-corrected chi connectivity index (χ0v) is 14.8. The van der Waals surface area contributed by atoms with Crippen LogP contribution in [-0.4, -0.2) is 17.2 Å². The number of aliphatic hydroxyl groups excluding tert-OH is 1. The van der Waals surface area contributed by atoms with Crippen LogP contribution in [-0.2, 0) is 0 Å². The Kier molecular flexibility index (Phi) is 4.57. The SMILES string of the molecule is COc1ccc(-c2cc3cc(F)ccc3nc2C(O)c2ccccc2)cc1. The second-order valence-corrected chi connectivity index (χ2v) is 6.30. The van der Waals surface area contributed by atoms with Crippen LogP contribution in [0.25, 0.3) is 22.0 Å². The Hall–Kier alpha value is -3.24. The predicted molar refractivity (Wildman–Crippen MR) is 104 cm³/mol. The number of methoxy groups -OCH3 is 1. The molecule has 0 saturated heterocycles. The average Bonchev–Trinajstić information content (AvgIpc) is 2.73. The topological polar surface area (TPSA) is 42.4 Å². The molecule has 4 rings (SSSR count). The van der Waals surface area contributed by atoms with Crippen LogP contribution >= 0.6 is 0 Å². The fourth-order valence-corrected chi connectivity index (χ4v) is 3.17. The number of aliphatic hydroxyl groups is 1. The molecule has 134 valence electrons. The van der Waals surface area contributed by atoms with Gasteiger partial charge in [0.25, 0.3) is 0 Å². The van der Waals surface area contributed by atoms with Crippen molar-refractivity contribution in [3.8, 4) is 16.9 Å². The maximum Gasteiger partial charge on any atom is 0.123 e. The Morgan fingerprint density at radius 2 is 1.67 bits per heavy atom. The van der Waals surface area contributed by atoms with Gasteiger partial charge in [-0.3, -0.25) is 0 Å². The first-order valence-corrected chi connectivity index (χ1v) is 8.63. The van der Waals surface area contributed by atoms with E-state index in [0.717, 1.165) is 22.4 Å². The first-order chi connectivity index (χ1) is 13.2. The van der Waals surface area contributed by atoms with Crippen molar-refractivity contribution in [3.05, 3.63) is 95.9 Å². The summed E-state index contributed by atoms with van der Waals surface area (Å²) in [5.41, 5.74) is 3.55. The molecule has 0 saturated carbocycles. The Balaban J connectivity index is 1.92. The van der Waals surface area contributed by atoms with Crippen LogP contribution in [0, 0.1) is 5.82 Å². The molecule has 0 spiro atoms. The summed E-state index contributed by atoms with van der Waals surface area (Å²) in [6, 6.07) is 23.2. The van der Waals surface area contributed by atoms with Crippen molar-refractivity contribution in [2.75, 3.05) is 7.11 Å². The predicted octanol–water partition coefficient (Wildman–Crippen LogP) is 5.13. The first kappa shape index (κ1) is 17.2. The molecule has 0 aliphatic rings. The second kappa shape index (κ2) is 7.17. The molecule has 4 heteroatoms. The van der Waals surface area contributed by atoms with Gasteiger partial charge < -0.3 is 9.84 Å². The Labute approximate surface area is 156 Å². The van der Waals surface area contributed by atoms with Gasteiger partial charge in [-0.1, -0.05) is 42.5 Å². The molecule has 0 aliphatic carbocycles. The summed E-state index contributed by atoms with van der Waals surface area (Å²) in [4.78, 5) is 4.66. The summed E-state index contributed by atoms with van der Waals surface area (Å²) >= 11 is 0. The molecular formula is C23H18FNO2. The Morgan fingerprint density at radius 3 is 2.37 bits per heavy atom. The molecule has 3 aromatic carbocycles. The van der Waals surface area contributed by atoms with E-state index in [1.807, 2.05) is 60.7 Å². The van der Waals surface area contributed by atoms with Gasteiger partial charge in [0.05, 0.1) is 18.3 Å². The van der Waals surface area contributed by atoms with Crippen LogP contribution in [0.15, 0.2) is 78.9 Å². The fourth-order valence-electron chi connectivity index (χ4n) is 3.17. The molecule has 0 radical (unpaired) electrons. The molecule has 0 fully saturated rings. The van der Waals surface area contributed by atoms with Gasteiger partial charge in [-0.15, -0.1) is 0 Å². The summed E-state index contributed by atoms with van der Waals surface area (Å²) in [6.45, 7) is 0. The van der Waals surface area contributed by atoms with Crippen LogP contribution in [0.1, 0.15) is 17.4 Å². The lowest BCUT2D eigenvalue weighted by molar-refractivity contribution is 0.216. The number of hydrogen-bond donors (Lipinski definition) is 1. The number of ether oxygens (including phenoxy) is 1. The van der Waals surface area contributed by atoms with Gasteiger partial charge in [0.1, 0.15) is 17.7 Å². The van der Waals surface area contributed by atoms with Gasteiger partial charge in [-0.25, -0.2) is 9.37 Å². The largest absolute Gasteiger partial charge is 0.497 e. The molecule has 4 aromatic rings. The van der Waals surface area contributed by atoms with E-state index in [1.54, 1.807) is 13.2 Å². The van der Waals surface area contributed by atoms with Crippen molar-refractivity contribution >= 4 is 10.9 Å². The number of benzene rings is 3. The first-order valence-electron chi connectivity index (χ1n) is 8.63. The zero-order chi connectivity index (χ0) is 18.8. The van der Waals surface area contributed by atoms with Crippen LogP contribution in [0.2, 0.25) is 0 Å². The summed E-state index contributed by atoms with van der Waals surface area (Å²) in [5, 5.41) is 11.7. The normalized spacial score (nSPS) is 12.1. The Morgan fingerprint density at radius 1 is 0.926 bits per heavy atom. The second-order valence-electron chi connectivity index (χ2n) is 6.30. The van der Waals surface area contributed by atoms with Crippen molar-refractivity contribution in [1.82, 2.24) is 4.98 Å². The summed E-state index contributed by atoms with van der Waals surface area (Å²) in [5.74, 6) is 0.421. The molecule has 27 heavy (non-hydrogen) atoms. The minimum Gasteiger partial charge on any atom is -0.497 e. The van der Waals surface area contributed by atoms with Gasteiger partial charge in [-0.05, 0) is 47.5 Å². The maximum atomic E-state index is 13.7. The quantitative estimate of drug-likeness (QED) is 0.549. The van der Waals surface area contributed by atoms with E-state index in [9.17, 15) is 9.50 Å². The lowest BCUT2D eigenvalue weighted by Crippen LogP contribution is -2.05. The summed E-state index contributed by atoms with van der Waals surface area (Å²) in [7, 11) is 1.61. The highest BCUT2D eigenvalue weighted by Crippen LogP contribution is 2.34. The number of hydrogen-bond acceptors (Lipinski definition) is 3. The lowest BCUT2D eigenvalue weighted by atomic mass is 9.95. The number of halogens is 1. The molecule has 1 atom stereocenters. The van der Waals surface area contributed by atoms with Crippen molar-refractivity contribution in [3.63, 3.8) is 0 Å². The number of pyridine rings is 1. The van der Waals surface area contributed by atoms with Crippen LogP contribution in [0.3, 0.4) is 0 Å². The van der Waals surface area contributed by atoms with Crippen molar-refractivity contribution < 1.29 is 14.2 Å². The highest BCUT2D eigenvalue weighted by Gasteiger charge is 2.19. The third-order valence-electron chi connectivity index (χ3n) is 4.58. The molecule has 0 aliphatic heterocycles. The standard InChI is InChI=1S/C23H18FNO2/c1-27-19-10-7-15(8-11-19)20-14-17-13-18(24)9-12-21(17)25-22(20)23(26)16-5-3-2-4-6-16/h2-14,23,26H,1H3. The maximum absolute atomic E-state index is 13.7. The minimum atomic E-state index is -0.891. The summed E-state index contributed by atoms with van der Waals surface area (Å²) < 4.78 is 18.9. The van der Waals surface area contributed by atoms with E-state index < -0.39 is 6.10 Å². The van der Waals surface area contributed by atoms with Crippen molar-refractivity contribution in [2.45, 2.75) is 6.10 Å². The van der Waals surface area contributed by atoms with Crippen LogP contribution < -0.4 is 4.74 Å². The minimum absolute atomic E-state index is 0.318. The lowest BCUT2D eigenvalue weighted by Gasteiger charge is -2.17. The smallest absolute Gasteiger partial charge is 0.123 e. The van der Waals surface area contributed by atoms with Crippen LogP contribution in [0.5, 0.6) is 5.75 Å². The fraction of sp³-hybridized carbons (Fsp3) is 0.0870. The molecule has 1 heterocycles. The van der Waals surface area contributed by atoms with Gasteiger partial charge in [0.15, 0.2) is 0 Å². The summed E-state index contributed by atoms with van der Waals surface area (Å²) in [6.07, 6.45) is -0.891.